The normalized spacial score (nSPS) is 12.5. The van der Waals surface area contributed by atoms with Crippen LogP contribution in [-0.4, -0.2) is 29.1 Å². The quantitative estimate of drug-likeness (QED) is 0.748. The van der Waals surface area contributed by atoms with Gasteiger partial charge in [0.2, 0.25) is 5.88 Å². The Hall–Kier alpha value is -0.940. The first-order valence-electron chi connectivity index (χ1n) is 4.75. The summed E-state index contributed by atoms with van der Waals surface area (Å²) < 4.78 is 5.03. The average Bonchev–Trinajstić information content (AvgIpc) is 2.21. The smallest absolute Gasteiger partial charge is 0.237 e. The number of aliphatic hydroxyl groups excluding tert-OH is 1. The molecule has 0 radical (unpaired) electrons. The van der Waals surface area contributed by atoms with Crippen LogP contribution in [-0.2, 0) is 0 Å². The third kappa shape index (κ3) is 3.60. The highest BCUT2D eigenvalue weighted by molar-refractivity contribution is 7.99. The summed E-state index contributed by atoms with van der Waals surface area (Å²) in [5.74, 6) is 0.455. The van der Waals surface area contributed by atoms with Gasteiger partial charge in [0.05, 0.1) is 12.8 Å². The zero-order valence-corrected chi connectivity index (χ0v) is 9.75. The van der Waals surface area contributed by atoms with Gasteiger partial charge in [-0.05, 0) is 18.6 Å². The maximum atomic E-state index is 8.78. The van der Waals surface area contributed by atoms with E-state index in [2.05, 4.69) is 4.98 Å². The van der Waals surface area contributed by atoms with Gasteiger partial charge < -0.3 is 15.6 Å². The summed E-state index contributed by atoms with van der Waals surface area (Å²) in [5.41, 5.74) is 6.19. The number of methoxy groups -OCH3 is 1. The second-order valence-electron chi connectivity index (χ2n) is 3.19. The molecule has 0 saturated carbocycles. The molecule has 4 nitrogen and oxygen atoms in total. The van der Waals surface area contributed by atoms with Gasteiger partial charge >= 0.3 is 0 Å². The third-order valence-corrected chi connectivity index (χ3v) is 3.02. The van der Waals surface area contributed by atoms with Gasteiger partial charge in [0.15, 0.2) is 0 Å². The number of thioether (sulfide) groups is 1. The van der Waals surface area contributed by atoms with Gasteiger partial charge in [0.1, 0.15) is 5.03 Å². The summed E-state index contributed by atoms with van der Waals surface area (Å²) in [6.07, 6.45) is 0.749. The lowest BCUT2D eigenvalue weighted by molar-refractivity contribution is 0.289. The molecule has 1 atom stereocenters. The highest BCUT2D eigenvalue weighted by Gasteiger charge is 2.07. The lowest BCUT2D eigenvalue weighted by atomic mass is 10.3. The van der Waals surface area contributed by atoms with Crippen LogP contribution in [0.1, 0.15) is 13.3 Å². The Labute approximate surface area is 93.8 Å². The maximum absolute atomic E-state index is 8.78. The van der Waals surface area contributed by atoms with Gasteiger partial charge in [-0.15, -0.1) is 11.8 Å². The van der Waals surface area contributed by atoms with E-state index in [-0.39, 0.29) is 6.61 Å². The first kappa shape index (κ1) is 12.1. The Morgan fingerprint density at radius 1 is 1.60 bits per heavy atom. The van der Waals surface area contributed by atoms with Crippen LogP contribution in [0.4, 0.5) is 5.69 Å². The SMILES string of the molecule is COc1nc(SC(C)CCO)ccc1N. The first-order valence-corrected chi connectivity index (χ1v) is 5.63. The number of aliphatic hydroxyl groups is 1. The van der Waals surface area contributed by atoms with E-state index in [0.717, 1.165) is 11.4 Å². The minimum atomic E-state index is 0.195. The van der Waals surface area contributed by atoms with E-state index in [0.29, 0.717) is 16.8 Å². The number of rotatable bonds is 5. The van der Waals surface area contributed by atoms with Gasteiger partial charge in [0, 0.05) is 11.9 Å². The number of anilines is 1. The standard InChI is InChI=1S/C10H16N2O2S/c1-7(5-6-13)15-9-4-3-8(11)10(12-9)14-2/h3-4,7,13H,5-6,11H2,1-2H3. The van der Waals surface area contributed by atoms with E-state index in [1.807, 2.05) is 13.0 Å². The minimum absolute atomic E-state index is 0.195. The molecule has 0 bridgehead atoms. The van der Waals surface area contributed by atoms with E-state index in [1.165, 1.54) is 0 Å². The summed E-state index contributed by atoms with van der Waals surface area (Å²) in [4.78, 5) is 4.25. The van der Waals surface area contributed by atoms with Crippen molar-refractivity contribution in [1.82, 2.24) is 4.98 Å². The molecule has 0 aromatic carbocycles. The fourth-order valence-electron chi connectivity index (χ4n) is 1.11. The summed E-state index contributed by atoms with van der Waals surface area (Å²) in [6, 6.07) is 3.64. The van der Waals surface area contributed by atoms with Crippen LogP contribution in [0.15, 0.2) is 17.2 Å². The van der Waals surface area contributed by atoms with Crippen molar-refractivity contribution in [3.8, 4) is 5.88 Å². The van der Waals surface area contributed by atoms with E-state index < -0.39 is 0 Å². The molecule has 0 spiro atoms. The lowest BCUT2D eigenvalue weighted by Crippen LogP contribution is -2.01. The Balaban J connectivity index is 2.69. The number of nitrogen functional groups attached to an aromatic ring is 1. The maximum Gasteiger partial charge on any atom is 0.237 e. The van der Waals surface area contributed by atoms with Crippen molar-refractivity contribution in [2.75, 3.05) is 19.5 Å². The molecule has 0 aliphatic carbocycles. The van der Waals surface area contributed by atoms with E-state index >= 15 is 0 Å². The summed E-state index contributed by atoms with van der Waals surface area (Å²) in [7, 11) is 1.55. The number of nitrogens with zero attached hydrogens (tertiary/aromatic N) is 1. The summed E-state index contributed by atoms with van der Waals surface area (Å²) >= 11 is 1.60. The Kier molecular flexibility index (Phi) is 4.71. The molecule has 1 unspecified atom stereocenters. The monoisotopic (exact) mass is 228 g/mol. The molecule has 1 rings (SSSR count). The molecule has 84 valence electrons. The predicted octanol–water partition coefficient (Wildman–Crippen LogP) is 1.54. The second-order valence-corrected chi connectivity index (χ2v) is 4.65. The molecule has 1 aromatic heterocycles. The molecular weight excluding hydrogens is 212 g/mol. The molecule has 0 aliphatic heterocycles. The van der Waals surface area contributed by atoms with Crippen molar-refractivity contribution in [2.24, 2.45) is 0 Å². The van der Waals surface area contributed by atoms with Crippen molar-refractivity contribution in [2.45, 2.75) is 23.6 Å². The number of pyridine rings is 1. The highest BCUT2D eigenvalue weighted by Crippen LogP contribution is 2.27. The second kappa shape index (κ2) is 5.82. The molecule has 1 heterocycles. The number of aromatic nitrogens is 1. The highest BCUT2D eigenvalue weighted by atomic mass is 32.2. The Bertz CT molecular complexity index is 320. The molecule has 0 aliphatic rings. The number of ether oxygens (including phenoxy) is 1. The molecule has 3 N–H and O–H groups in total. The van der Waals surface area contributed by atoms with Gasteiger partial charge in [0.25, 0.3) is 0 Å². The van der Waals surface area contributed by atoms with Crippen LogP contribution in [0, 0.1) is 0 Å². The van der Waals surface area contributed by atoms with Crippen molar-refractivity contribution in [1.29, 1.82) is 0 Å². The fourth-order valence-corrected chi connectivity index (χ4v) is 2.03. The van der Waals surface area contributed by atoms with Crippen molar-refractivity contribution < 1.29 is 9.84 Å². The number of nitrogens with two attached hydrogens (primary N) is 1. The van der Waals surface area contributed by atoms with Crippen LogP contribution in [0.2, 0.25) is 0 Å². The van der Waals surface area contributed by atoms with Gasteiger partial charge in [-0.25, -0.2) is 4.98 Å². The van der Waals surface area contributed by atoms with Gasteiger partial charge in [-0.3, -0.25) is 0 Å². The molecule has 1 aromatic rings. The predicted molar refractivity (Wildman–Crippen MR) is 62.2 cm³/mol. The number of hydrogen-bond acceptors (Lipinski definition) is 5. The van der Waals surface area contributed by atoms with E-state index in [4.69, 9.17) is 15.6 Å². The third-order valence-electron chi connectivity index (χ3n) is 1.92. The molecule has 15 heavy (non-hydrogen) atoms. The molecule has 0 fully saturated rings. The van der Waals surface area contributed by atoms with Gasteiger partial charge in [-0.2, -0.15) is 0 Å². The van der Waals surface area contributed by atoms with E-state index in [1.54, 1.807) is 24.9 Å². The Morgan fingerprint density at radius 3 is 2.93 bits per heavy atom. The average molecular weight is 228 g/mol. The van der Waals surface area contributed by atoms with Crippen molar-refractivity contribution in [3.05, 3.63) is 12.1 Å². The van der Waals surface area contributed by atoms with Crippen LogP contribution in [0.3, 0.4) is 0 Å². The summed E-state index contributed by atoms with van der Waals surface area (Å²) in [5, 5.41) is 9.97. The Morgan fingerprint density at radius 2 is 2.33 bits per heavy atom. The van der Waals surface area contributed by atoms with Crippen LogP contribution in [0.25, 0.3) is 0 Å². The van der Waals surface area contributed by atoms with Crippen LogP contribution >= 0.6 is 11.8 Å². The minimum Gasteiger partial charge on any atom is -0.480 e. The van der Waals surface area contributed by atoms with Crippen molar-refractivity contribution >= 4 is 17.4 Å². The zero-order valence-electron chi connectivity index (χ0n) is 8.93. The topological polar surface area (TPSA) is 68.4 Å². The summed E-state index contributed by atoms with van der Waals surface area (Å²) in [6.45, 7) is 2.24. The van der Waals surface area contributed by atoms with Crippen LogP contribution < -0.4 is 10.5 Å². The fraction of sp³-hybridized carbons (Fsp3) is 0.500. The van der Waals surface area contributed by atoms with Gasteiger partial charge in [-0.1, -0.05) is 6.92 Å². The first-order chi connectivity index (χ1) is 7.17. The largest absolute Gasteiger partial charge is 0.480 e. The number of hydrogen-bond donors (Lipinski definition) is 2. The lowest BCUT2D eigenvalue weighted by Gasteiger charge is -2.10. The molecule has 0 saturated heterocycles. The molecule has 5 heteroatoms. The van der Waals surface area contributed by atoms with Crippen LogP contribution in [0.5, 0.6) is 5.88 Å². The molecular formula is C10H16N2O2S. The van der Waals surface area contributed by atoms with Crippen molar-refractivity contribution in [3.63, 3.8) is 0 Å². The van der Waals surface area contributed by atoms with E-state index in [9.17, 15) is 0 Å². The zero-order chi connectivity index (χ0) is 11.3. The molecule has 0 amide bonds.